The van der Waals surface area contributed by atoms with Gasteiger partial charge in [-0.05, 0) is 51.3 Å². The first-order chi connectivity index (χ1) is 10.1. The summed E-state index contributed by atoms with van der Waals surface area (Å²) in [5.41, 5.74) is 0.156. The minimum Gasteiger partial charge on any atom is -0.456 e. The van der Waals surface area contributed by atoms with Crippen LogP contribution in [0.2, 0.25) is 0 Å². The van der Waals surface area contributed by atoms with E-state index in [1.165, 1.54) is 19.3 Å². The zero-order valence-electron chi connectivity index (χ0n) is 12.8. The van der Waals surface area contributed by atoms with Gasteiger partial charge in [0.05, 0.1) is 0 Å². The van der Waals surface area contributed by atoms with E-state index in [1.807, 2.05) is 24.0 Å². The zero-order valence-corrected chi connectivity index (χ0v) is 12.8. The third-order valence-corrected chi connectivity index (χ3v) is 4.88. The molecule has 0 saturated carbocycles. The van der Waals surface area contributed by atoms with Crippen LogP contribution in [0.25, 0.3) is 0 Å². The summed E-state index contributed by atoms with van der Waals surface area (Å²) in [6.07, 6.45) is 6.63. The highest BCUT2D eigenvalue weighted by molar-refractivity contribution is 5.91. The molecule has 21 heavy (non-hydrogen) atoms. The van der Waals surface area contributed by atoms with Crippen molar-refractivity contribution in [3.05, 3.63) is 36.3 Å². The fourth-order valence-corrected chi connectivity index (χ4v) is 3.89. The van der Waals surface area contributed by atoms with Gasteiger partial charge in [0.2, 0.25) is 0 Å². The van der Waals surface area contributed by atoms with Crippen molar-refractivity contribution >= 4 is 5.91 Å². The van der Waals surface area contributed by atoms with Gasteiger partial charge < -0.3 is 9.32 Å². The molecule has 4 heteroatoms. The Labute approximate surface area is 126 Å². The molecule has 0 N–H and O–H groups in total. The van der Waals surface area contributed by atoms with Crippen LogP contribution in [0.15, 0.2) is 29.2 Å². The summed E-state index contributed by atoms with van der Waals surface area (Å²) in [5.74, 6) is 1.30. The van der Waals surface area contributed by atoms with E-state index in [0.717, 1.165) is 38.4 Å². The van der Waals surface area contributed by atoms with Crippen LogP contribution >= 0.6 is 0 Å². The second-order valence-corrected chi connectivity index (χ2v) is 6.30. The molecular weight excluding hydrogens is 264 g/mol. The van der Waals surface area contributed by atoms with Crippen LogP contribution in [0.3, 0.4) is 0 Å². The van der Waals surface area contributed by atoms with E-state index in [2.05, 4.69) is 11.5 Å². The number of hydrogen-bond acceptors (Lipinski definition) is 3. The molecule has 2 saturated heterocycles. The van der Waals surface area contributed by atoms with Crippen molar-refractivity contribution in [3.63, 3.8) is 0 Å². The van der Waals surface area contributed by atoms with E-state index in [4.69, 9.17) is 4.42 Å². The topological polar surface area (TPSA) is 36.7 Å². The third kappa shape index (κ3) is 2.64. The Bertz CT molecular complexity index is 537. The van der Waals surface area contributed by atoms with Crippen molar-refractivity contribution in [1.82, 2.24) is 9.80 Å². The number of aryl methyl sites for hydroxylation is 1. The molecule has 1 aromatic heterocycles. The largest absolute Gasteiger partial charge is 0.456 e. The van der Waals surface area contributed by atoms with Gasteiger partial charge in [0.1, 0.15) is 5.76 Å². The number of likely N-dealkylation sites (tertiary alicyclic amines) is 2. The quantitative estimate of drug-likeness (QED) is 0.803. The number of furan rings is 1. The molecule has 1 spiro atoms. The van der Waals surface area contributed by atoms with Gasteiger partial charge in [0.15, 0.2) is 5.76 Å². The lowest BCUT2D eigenvalue weighted by Crippen LogP contribution is -2.56. The van der Waals surface area contributed by atoms with Crippen molar-refractivity contribution in [1.29, 1.82) is 0 Å². The van der Waals surface area contributed by atoms with Crippen molar-refractivity contribution in [3.8, 4) is 0 Å². The van der Waals surface area contributed by atoms with Gasteiger partial charge in [0, 0.05) is 25.2 Å². The van der Waals surface area contributed by atoms with Crippen LogP contribution in [0.4, 0.5) is 0 Å². The summed E-state index contributed by atoms with van der Waals surface area (Å²) < 4.78 is 5.50. The average molecular weight is 288 g/mol. The van der Waals surface area contributed by atoms with Gasteiger partial charge in [-0.1, -0.05) is 6.08 Å². The van der Waals surface area contributed by atoms with Gasteiger partial charge in [-0.15, -0.1) is 6.58 Å². The first-order valence-corrected chi connectivity index (χ1v) is 7.86. The molecule has 114 valence electrons. The predicted octanol–water partition coefficient (Wildman–Crippen LogP) is 2.84. The fraction of sp³-hybridized carbons (Fsp3) is 0.588. The number of amides is 1. The van der Waals surface area contributed by atoms with Crippen molar-refractivity contribution in [2.45, 2.75) is 38.1 Å². The summed E-state index contributed by atoms with van der Waals surface area (Å²) in [7, 11) is 0. The first kappa shape index (κ1) is 14.4. The lowest BCUT2D eigenvalue weighted by atomic mass is 9.86. The molecule has 2 aliphatic rings. The Kier molecular flexibility index (Phi) is 3.89. The van der Waals surface area contributed by atoms with Gasteiger partial charge in [-0.3, -0.25) is 9.69 Å². The number of hydrogen-bond donors (Lipinski definition) is 0. The molecule has 1 amide bonds. The number of rotatable bonds is 3. The molecule has 1 atom stereocenters. The maximum Gasteiger partial charge on any atom is 0.289 e. The zero-order chi connectivity index (χ0) is 14.9. The maximum absolute atomic E-state index is 12.6. The number of carbonyl (C=O) groups excluding carboxylic acids is 1. The van der Waals surface area contributed by atoms with Crippen LogP contribution in [-0.4, -0.2) is 47.4 Å². The van der Waals surface area contributed by atoms with E-state index < -0.39 is 0 Å². The second kappa shape index (κ2) is 5.68. The second-order valence-electron chi connectivity index (χ2n) is 6.30. The molecule has 1 aromatic rings. The summed E-state index contributed by atoms with van der Waals surface area (Å²) in [6, 6.07) is 3.64. The van der Waals surface area contributed by atoms with E-state index in [0.29, 0.717) is 5.76 Å². The standard InChI is InChI=1S/C17H24N2O2/c1-3-10-19-12-5-9-17(19)8-4-11-18(13-17)16(20)15-7-6-14(2)21-15/h3,6-7H,1,4-5,8-13H2,2H3. The minimum atomic E-state index is 0.0348. The third-order valence-electron chi connectivity index (χ3n) is 4.88. The summed E-state index contributed by atoms with van der Waals surface area (Å²) >= 11 is 0. The molecule has 0 bridgehead atoms. The highest BCUT2D eigenvalue weighted by atomic mass is 16.3. The average Bonchev–Trinajstić information content (AvgIpc) is 3.07. The van der Waals surface area contributed by atoms with Crippen LogP contribution in [0.1, 0.15) is 42.0 Å². The van der Waals surface area contributed by atoms with Crippen LogP contribution in [0.5, 0.6) is 0 Å². The SMILES string of the molecule is C=CCN1CCCC12CCCN(C(=O)c1ccc(C)o1)C2. The predicted molar refractivity (Wildman–Crippen MR) is 82.3 cm³/mol. The summed E-state index contributed by atoms with van der Waals surface area (Å²) in [6.45, 7) is 9.43. The smallest absolute Gasteiger partial charge is 0.289 e. The van der Waals surface area contributed by atoms with Crippen LogP contribution in [-0.2, 0) is 0 Å². The van der Waals surface area contributed by atoms with E-state index in [1.54, 1.807) is 6.07 Å². The van der Waals surface area contributed by atoms with E-state index >= 15 is 0 Å². The lowest BCUT2D eigenvalue weighted by molar-refractivity contribution is 0.0344. The normalized spacial score (nSPS) is 26.4. The van der Waals surface area contributed by atoms with E-state index in [-0.39, 0.29) is 11.4 Å². The Morgan fingerprint density at radius 2 is 2.14 bits per heavy atom. The highest BCUT2D eigenvalue weighted by Gasteiger charge is 2.44. The summed E-state index contributed by atoms with van der Waals surface area (Å²) in [4.78, 5) is 17.1. The molecule has 0 radical (unpaired) electrons. The molecule has 3 heterocycles. The monoisotopic (exact) mass is 288 g/mol. The molecule has 2 fully saturated rings. The van der Waals surface area contributed by atoms with Gasteiger partial charge in [0.25, 0.3) is 5.91 Å². The van der Waals surface area contributed by atoms with Gasteiger partial charge >= 0.3 is 0 Å². The maximum atomic E-state index is 12.6. The molecular formula is C17H24N2O2. The fourth-order valence-electron chi connectivity index (χ4n) is 3.89. The van der Waals surface area contributed by atoms with Crippen LogP contribution in [0, 0.1) is 6.92 Å². The Morgan fingerprint density at radius 1 is 1.38 bits per heavy atom. The number of piperidine rings is 1. The summed E-state index contributed by atoms with van der Waals surface area (Å²) in [5, 5.41) is 0. The lowest BCUT2D eigenvalue weighted by Gasteiger charge is -2.45. The van der Waals surface area contributed by atoms with Crippen LogP contribution < -0.4 is 0 Å². The molecule has 1 unspecified atom stereocenters. The molecule has 4 nitrogen and oxygen atoms in total. The molecule has 0 aliphatic carbocycles. The number of carbonyl (C=O) groups is 1. The molecule has 2 aliphatic heterocycles. The highest BCUT2D eigenvalue weighted by Crippen LogP contribution is 2.37. The van der Waals surface area contributed by atoms with Gasteiger partial charge in [-0.25, -0.2) is 0 Å². The number of nitrogens with zero attached hydrogens (tertiary/aromatic N) is 2. The van der Waals surface area contributed by atoms with Crippen molar-refractivity contribution < 1.29 is 9.21 Å². The molecule has 3 rings (SSSR count). The first-order valence-electron chi connectivity index (χ1n) is 7.86. The van der Waals surface area contributed by atoms with E-state index in [9.17, 15) is 4.79 Å². The molecule has 0 aromatic carbocycles. The minimum absolute atomic E-state index is 0.0348. The Hall–Kier alpha value is -1.55. The Balaban J connectivity index is 1.76. The van der Waals surface area contributed by atoms with Gasteiger partial charge in [-0.2, -0.15) is 0 Å². The van der Waals surface area contributed by atoms with Crippen molar-refractivity contribution in [2.75, 3.05) is 26.2 Å². The Morgan fingerprint density at radius 3 is 2.81 bits per heavy atom. The van der Waals surface area contributed by atoms with Crippen molar-refractivity contribution in [2.24, 2.45) is 0 Å².